The van der Waals surface area contributed by atoms with E-state index in [2.05, 4.69) is 16.0 Å². The second-order valence-corrected chi connectivity index (χ2v) is 7.54. The molecule has 0 fully saturated rings. The maximum atomic E-state index is 13.8. The molecule has 4 rings (SSSR count). The van der Waals surface area contributed by atoms with Crippen LogP contribution in [0.2, 0.25) is 0 Å². The smallest absolute Gasteiger partial charge is 0.279 e. The summed E-state index contributed by atoms with van der Waals surface area (Å²) in [7, 11) is 1.55. The van der Waals surface area contributed by atoms with Gasteiger partial charge in [-0.3, -0.25) is 20.4 Å². The van der Waals surface area contributed by atoms with Gasteiger partial charge in [0.05, 0.1) is 18.4 Å². The number of hydrazine groups is 1. The summed E-state index contributed by atoms with van der Waals surface area (Å²) in [6.07, 6.45) is 0.516. The average Bonchev–Trinajstić information content (AvgIpc) is 3.35. The number of ether oxygens (including phenoxy) is 2. The van der Waals surface area contributed by atoms with Crippen LogP contribution in [0.3, 0.4) is 0 Å². The summed E-state index contributed by atoms with van der Waals surface area (Å²) in [6.45, 7) is 1.45. The van der Waals surface area contributed by atoms with Crippen molar-refractivity contribution in [3.05, 3.63) is 96.4 Å². The van der Waals surface area contributed by atoms with E-state index in [-0.39, 0.29) is 11.3 Å². The predicted molar refractivity (Wildman–Crippen MR) is 128 cm³/mol. The molecule has 0 aliphatic carbocycles. The van der Waals surface area contributed by atoms with Crippen molar-refractivity contribution in [1.82, 2.24) is 20.6 Å². The lowest BCUT2D eigenvalue weighted by molar-refractivity contribution is -0.128. The number of halogens is 1. The molecule has 0 saturated heterocycles. The average molecular weight is 474 g/mol. The summed E-state index contributed by atoms with van der Waals surface area (Å²) in [4.78, 5) is 25.5. The molecule has 0 unspecified atom stereocenters. The molecular weight excluding hydrogens is 451 g/mol. The van der Waals surface area contributed by atoms with Gasteiger partial charge in [0, 0.05) is 11.8 Å². The minimum atomic E-state index is -1.06. The third kappa shape index (κ3) is 5.47. The van der Waals surface area contributed by atoms with E-state index in [1.807, 2.05) is 30.3 Å². The summed E-state index contributed by atoms with van der Waals surface area (Å²) in [5.74, 6) is -1.29. The number of nitrogens with one attached hydrogen (secondary N) is 2. The third-order valence-corrected chi connectivity index (χ3v) is 5.13. The Morgan fingerprint density at radius 2 is 1.71 bits per heavy atom. The maximum Gasteiger partial charge on any atom is 0.279 e. The van der Waals surface area contributed by atoms with Crippen LogP contribution in [0.4, 0.5) is 4.39 Å². The van der Waals surface area contributed by atoms with Gasteiger partial charge < -0.3 is 9.47 Å². The predicted octanol–water partition coefficient (Wildman–Crippen LogP) is 3.92. The highest BCUT2D eigenvalue weighted by atomic mass is 19.1. The molecule has 2 amide bonds. The van der Waals surface area contributed by atoms with Gasteiger partial charge in [-0.05, 0) is 43.3 Å². The van der Waals surface area contributed by atoms with E-state index >= 15 is 0 Å². The molecule has 0 aliphatic heterocycles. The van der Waals surface area contributed by atoms with Crippen LogP contribution in [0.25, 0.3) is 16.9 Å². The number of nitrogens with zero attached hydrogens (tertiary/aromatic N) is 2. The van der Waals surface area contributed by atoms with E-state index in [0.29, 0.717) is 17.0 Å². The lowest BCUT2D eigenvalue weighted by atomic mass is 10.1. The van der Waals surface area contributed by atoms with Crippen molar-refractivity contribution >= 4 is 11.8 Å². The van der Waals surface area contributed by atoms with Crippen LogP contribution in [0.15, 0.2) is 85.1 Å². The first-order valence-corrected chi connectivity index (χ1v) is 10.8. The third-order valence-electron chi connectivity index (χ3n) is 5.13. The molecule has 0 spiro atoms. The van der Waals surface area contributed by atoms with Crippen LogP contribution in [0, 0.1) is 5.82 Å². The van der Waals surface area contributed by atoms with Crippen LogP contribution in [0.1, 0.15) is 17.3 Å². The minimum absolute atomic E-state index is 0.0640. The van der Waals surface area contributed by atoms with E-state index in [9.17, 15) is 14.0 Å². The summed E-state index contributed by atoms with van der Waals surface area (Å²) in [5.41, 5.74) is 6.75. The molecule has 9 heteroatoms. The SMILES string of the molecule is COc1cccc(-c2nn(-c3ccccc3)cc2C(=O)NNC(=O)[C@H](C)Oc2ccccc2F)c1. The largest absolute Gasteiger partial charge is 0.497 e. The molecule has 1 atom stereocenters. The van der Waals surface area contributed by atoms with Crippen LogP contribution >= 0.6 is 0 Å². The Hall–Kier alpha value is -4.66. The maximum absolute atomic E-state index is 13.8. The number of rotatable bonds is 7. The molecule has 0 aliphatic rings. The second-order valence-electron chi connectivity index (χ2n) is 7.54. The number of aromatic nitrogens is 2. The highest BCUT2D eigenvalue weighted by molar-refractivity contribution is 6.01. The fourth-order valence-electron chi connectivity index (χ4n) is 3.31. The molecule has 0 radical (unpaired) electrons. The molecular formula is C26H23FN4O4. The van der Waals surface area contributed by atoms with Crippen molar-refractivity contribution < 1.29 is 23.5 Å². The van der Waals surface area contributed by atoms with Gasteiger partial charge in [-0.2, -0.15) is 5.10 Å². The van der Waals surface area contributed by atoms with Gasteiger partial charge in [0.1, 0.15) is 11.4 Å². The van der Waals surface area contributed by atoms with Gasteiger partial charge in [0.2, 0.25) is 0 Å². The van der Waals surface area contributed by atoms with Crippen LogP contribution in [0.5, 0.6) is 11.5 Å². The van der Waals surface area contributed by atoms with Crippen molar-refractivity contribution in [2.75, 3.05) is 7.11 Å². The zero-order valence-electron chi connectivity index (χ0n) is 19.1. The normalized spacial score (nSPS) is 11.4. The first kappa shape index (κ1) is 23.5. The molecule has 0 bridgehead atoms. The van der Waals surface area contributed by atoms with Gasteiger partial charge in [-0.15, -0.1) is 0 Å². The van der Waals surface area contributed by atoms with E-state index in [0.717, 1.165) is 5.69 Å². The van der Waals surface area contributed by atoms with Gasteiger partial charge in [0.15, 0.2) is 17.7 Å². The topological polar surface area (TPSA) is 94.5 Å². The van der Waals surface area contributed by atoms with E-state index in [1.54, 1.807) is 48.3 Å². The van der Waals surface area contributed by atoms with Crippen molar-refractivity contribution in [2.24, 2.45) is 0 Å². The number of para-hydroxylation sites is 2. The highest BCUT2D eigenvalue weighted by Gasteiger charge is 2.22. The Morgan fingerprint density at radius 3 is 2.46 bits per heavy atom. The Bertz CT molecular complexity index is 1340. The number of amides is 2. The van der Waals surface area contributed by atoms with Crippen LogP contribution in [-0.2, 0) is 4.79 Å². The fraction of sp³-hybridized carbons (Fsp3) is 0.115. The quantitative estimate of drug-likeness (QED) is 0.396. The Morgan fingerprint density at radius 1 is 0.971 bits per heavy atom. The summed E-state index contributed by atoms with van der Waals surface area (Å²) >= 11 is 0. The van der Waals surface area contributed by atoms with Crippen molar-refractivity contribution in [3.8, 4) is 28.4 Å². The minimum Gasteiger partial charge on any atom is -0.497 e. The van der Waals surface area contributed by atoms with E-state index in [1.165, 1.54) is 25.1 Å². The number of methoxy groups -OCH3 is 1. The molecule has 2 N–H and O–H groups in total. The fourth-order valence-corrected chi connectivity index (χ4v) is 3.31. The summed E-state index contributed by atoms with van der Waals surface area (Å²) < 4.78 is 26.0. The Balaban J connectivity index is 1.54. The van der Waals surface area contributed by atoms with E-state index in [4.69, 9.17) is 9.47 Å². The summed E-state index contributed by atoms with van der Waals surface area (Å²) in [6, 6.07) is 22.2. The molecule has 1 aromatic heterocycles. The number of carbonyl (C=O) groups excluding carboxylic acids is 2. The van der Waals surface area contributed by atoms with Crippen LogP contribution < -0.4 is 20.3 Å². The first-order valence-electron chi connectivity index (χ1n) is 10.8. The molecule has 4 aromatic rings. The molecule has 3 aromatic carbocycles. The Kier molecular flexibility index (Phi) is 7.06. The molecule has 1 heterocycles. The summed E-state index contributed by atoms with van der Waals surface area (Å²) in [5, 5.41) is 4.60. The Labute approximate surface area is 201 Å². The van der Waals surface area contributed by atoms with Gasteiger partial charge in [-0.1, -0.05) is 42.5 Å². The number of hydrogen-bond acceptors (Lipinski definition) is 5. The van der Waals surface area contributed by atoms with Crippen molar-refractivity contribution in [3.63, 3.8) is 0 Å². The number of carbonyl (C=O) groups is 2. The number of hydrogen-bond donors (Lipinski definition) is 2. The van der Waals surface area contributed by atoms with Gasteiger partial charge >= 0.3 is 0 Å². The zero-order valence-corrected chi connectivity index (χ0v) is 19.1. The van der Waals surface area contributed by atoms with Crippen molar-refractivity contribution in [1.29, 1.82) is 0 Å². The molecule has 8 nitrogen and oxygen atoms in total. The molecule has 178 valence electrons. The standard InChI is InChI=1S/C26H23FN4O4/c1-17(35-23-14-7-6-13-22(23)27)25(32)28-29-26(33)21-16-31(19-10-4-3-5-11-19)30-24(21)18-9-8-12-20(15-18)34-2/h3-17H,1-2H3,(H,28,32)(H,29,33)/t17-/m0/s1. The van der Waals surface area contributed by atoms with Gasteiger partial charge in [0.25, 0.3) is 11.8 Å². The van der Waals surface area contributed by atoms with Gasteiger partial charge in [-0.25, -0.2) is 9.07 Å². The zero-order chi connectivity index (χ0) is 24.8. The number of benzene rings is 3. The lowest BCUT2D eigenvalue weighted by Gasteiger charge is -2.15. The van der Waals surface area contributed by atoms with E-state index < -0.39 is 23.7 Å². The van der Waals surface area contributed by atoms with Crippen LogP contribution in [-0.4, -0.2) is 34.8 Å². The molecule has 35 heavy (non-hydrogen) atoms. The monoisotopic (exact) mass is 474 g/mol. The molecule has 0 saturated carbocycles. The van der Waals surface area contributed by atoms with Crippen molar-refractivity contribution in [2.45, 2.75) is 13.0 Å². The first-order chi connectivity index (χ1) is 17.0. The highest BCUT2D eigenvalue weighted by Crippen LogP contribution is 2.27. The second kappa shape index (κ2) is 10.5. The lowest BCUT2D eigenvalue weighted by Crippen LogP contribution is -2.47.